The van der Waals surface area contributed by atoms with Gasteiger partial charge in [-0.25, -0.2) is 9.50 Å². The lowest BCUT2D eigenvalue weighted by atomic mass is 10.4. The van der Waals surface area contributed by atoms with E-state index >= 15 is 0 Å². The van der Waals surface area contributed by atoms with E-state index < -0.39 is 0 Å². The number of alkyl halides is 1. The lowest BCUT2D eigenvalue weighted by Gasteiger charge is -1.90. The molecule has 2 aromatic rings. The second kappa shape index (κ2) is 2.51. The summed E-state index contributed by atoms with van der Waals surface area (Å²) in [6.45, 7) is 0. The summed E-state index contributed by atoms with van der Waals surface area (Å²) in [5.41, 5.74) is 1.80. The molecule has 0 atom stereocenters. The van der Waals surface area contributed by atoms with Gasteiger partial charge in [0, 0.05) is 18.0 Å². The Kier molecular flexibility index (Phi) is 1.51. The molecular formula is C7H6ClN3. The molecule has 0 N–H and O–H groups in total. The highest BCUT2D eigenvalue weighted by molar-refractivity contribution is 6.17. The van der Waals surface area contributed by atoms with Crippen molar-refractivity contribution in [2.45, 2.75) is 5.88 Å². The lowest BCUT2D eigenvalue weighted by molar-refractivity contribution is 0.939. The number of rotatable bonds is 1. The molecular weight excluding hydrogens is 162 g/mol. The van der Waals surface area contributed by atoms with Crippen molar-refractivity contribution >= 4 is 17.2 Å². The monoisotopic (exact) mass is 167 g/mol. The van der Waals surface area contributed by atoms with E-state index in [1.165, 1.54) is 0 Å². The Morgan fingerprint density at radius 3 is 3.27 bits per heavy atom. The zero-order valence-electron chi connectivity index (χ0n) is 5.74. The van der Waals surface area contributed by atoms with Crippen LogP contribution in [-0.4, -0.2) is 14.6 Å². The Hall–Kier alpha value is -1.09. The van der Waals surface area contributed by atoms with Gasteiger partial charge in [-0.2, -0.15) is 5.10 Å². The number of aromatic nitrogens is 3. The van der Waals surface area contributed by atoms with E-state index in [0.717, 1.165) is 11.2 Å². The van der Waals surface area contributed by atoms with E-state index in [-0.39, 0.29) is 0 Å². The van der Waals surface area contributed by atoms with Crippen LogP contribution in [-0.2, 0) is 5.88 Å². The Morgan fingerprint density at radius 2 is 2.45 bits per heavy atom. The molecule has 0 aliphatic heterocycles. The third-order valence-corrected chi connectivity index (χ3v) is 1.78. The lowest BCUT2D eigenvalue weighted by Crippen LogP contribution is -1.87. The molecule has 0 saturated heterocycles. The average Bonchev–Trinajstić information content (AvgIpc) is 2.47. The SMILES string of the molecule is ClCc1cnn2cccnc12. The molecule has 0 aromatic carbocycles. The van der Waals surface area contributed by atoms with Crippen molar-refractivity contribution in [3.05, 3.63) is 30.2 Å². The third kappa shape index (κ3) is 0.973. The van der Waals surface area contributed by atoms with Crippen molar-refractivity contribution in [3.8, 4) is 0 Å². The molecule has 0 bridgehead atoms. The Bertz CT molecular complexity index is 368. The van der Waals surface area contributed by atoms with Gasteiger partial charge in [-0.05, 0) is 6.07 Å². The topological polar surface area (TPSA) is 30.2 Å². The standard InChI is InChI=1S/C7H6ClN3/c8-4-6-5-10-11-3-1-2-9-7(6)11/h1-3,5H,4H2. The predicted molar refractivity (Wildman–Crippen MR) is 42.5 cm³/mol. The van der Waals surface area contributed by atoms with E-state index in [2.05, 4.69) is 10.1 Å². The first-order valence-electron chi connectivity index (χ1n) is 3.25. The summed E-state index contributed by atoms with van der Waals surface area (Å²) in [6.07, 6.45) is 5.31. The van der Waals surface area contributed by atoms with Gasteiger partial charge in [0.1, 0.15) is 0 Å². The molecule has 3 nitrogen and oxygen atoms in total. The van der Waals surface area contributed by atoms with Gasteiger partial charge in [0.2, 0.25) is 0 Å². The molecule has 0 fully saturated rings. The maximum atomic E-state index is 5.65. The second-order valence-corrected chi connectivity index (χ2v) is 2.46. The number of nitrogens with zero attached hydrogens (tertiary/aromatic N) is 3. The van der Waals surface area contributed by atoms with E-state index in [9.17, 15) is 0 Å². The fourth-order valence-corrected chi connectivity index (χ4v) is 1.16. The van der Waals surface area contributed by atoms with Crippen molar-refractivity contribution in [1.29, 1.82) is 0 Å². The van der Waals surface area contributed by atoms with Gasteiger partial charge in [-0.1, -0.05) is 0 Å². The van der Waals surface area contributed by atoms with Crippen molar-refractivity contribution in [2.75, 3.05) is 0 Å². The van der Waals surface area contributed by atoms with Crippen molar-refractivity contribution in [2.24, 2.45) is 0 Å². The highest BCUT2D eigenvalue weighted by Gasteiger charge is 2.00. The van der Waals surface area contributed by atoms with Gasteiger partial charge >= 0.3 is 0 Å². The van der Waals surface area contributed by atoms with Crippen LogP contribution in [0.4, 0.5) is 0 Å². The smallest absolute Gasteiger partial charge is 0.159 e. The van der Waals surface area contributed by atoms with E-state index in [0.29, 0.717) is 5.88 Å². The molecule has 2 aromatic heterocycles. The summed E-state index contributed by atoms with van der Waals surface area (Å²) < 4.78 is 1.71. The highest BCUT2D eigenvalue weighted by Crippen LogP contribution is 2.08. The molecule has 0 spiro atoms. The van der Waals surface area contributed by atoms with Crippen molar-refractivity contribution in [3.63, 3.8) is 0 Å². The molecule has 0 aliphatic carbocycles. The van der Waals surface area contributed by atoms with Gasteiger partial charge in [0.15, 0.2) is 5.65 Å². The average molecular weight is 168 g/mol. The van der Waals surface area contributed by atoms with Crippen molar-refractivity contribution in [1.82, 2.24) is 14.6 Å². The van der Waals surface area contributed by atoms with Crippen LogP contribution in [0, 0.1) is 0 Å². The van der Waals surface area contributed by atoms with Crippen LogP contribution in [0.25, 0.3) is 5.65 Å². The second-order valence-electron chi connectivity index (χ2n) is 2.19. The summed E-state index contributed by atoms with van der Waals surface area (Å²) >= 11 is 5.65. The molecule has 0 amide bonds. The number of halogens is 1. The van der Waals surface area contributed by atoms with Gasteiger partial charge in [0.05, 0.1) is 12.1 Å². The minimum atomic E-state index is 0.459. The molecule has 4 heteroatoms. The maximum Gasteiger partial charge on any atom is 0.159 e. The third-order valence-electron chi connectivity index (χ3n) is 1.50. The fourth-order valence-electron chi connectivity index (χ4n) is 0.971. The van der Waals surface area contributed by atoms with Crippen molar-refractivity contribution < 1.29 is 0 Å². The van der Waals surface area contributed by atoms with Crippen LogP contribution in [0.2, 0.25) is 0 Å². The first kappa shape index (κ1) is 6.61. The fraction of sp³-hybridized carbons (Fsp3) is 0.143. The molecule has 0 radical (unpaired) electrons. The molecule has 0 saturated carbocycles. The largest absolute Gasteiger partial charge is 0.237 e. The van der Waals surface area contributed by atoms with E-state index in [1.807, 2.05) is 12.3 Å². The molecule has 0 unspecified atom stereocenters. The summed E-state index contributed by atoms with van der Waals surface area (Å²) in [5, 5.41) is 4.06. The van der Waals surface area contributed by atoms with Crippen LogP contribution in [0.15, 0.2) is 24.7 Å². The summed E-state index contributed by atoms with van der Waals surface area (Å²) in [4.78, 5) is 4.13. The minimum absolute atomic E-state index is 0.459. The normalized spacial score (nSPS) is 10.6. The first-order valence-corrected chi connectivity index (χ1v) is 3.78. The summed E-state index contributed by atoms with van der Waals surface area (Å²) in [6, 6.07) is 1.83. The Morgan fingerprint density at radius 1 is 1.55 bits per heavy atom. The molecule has 11 heavy (non-hydrogen) atoms. The predicted octanol–water partition coefficient (Wildman–Crippen LogP) is 1.47. The number of hydrogen-bond acceptors (Lipinski definition) is 2. The minimum Gasteiger partial charge on any atom is -0.237 e. The summed E-state index contributed by atoms with van der Waals surface area (Å²) in [7, 11) is 0. The molecule has 56 valence electrons. The van der Waals surface area contributed by atoms with Gasteiger partial charge < -0.3 is 0 Å². The Labute approximate surface area is 68.6 Å². The van der Waals surface area contributed by atoms with E-state index in [1.54, 1.807) is 16.9 Å². The van der Waals surface area contributed by atoms with Crippen LogP contribution >= 0.6 is 11.6 Å². The molecule has 2 heterocycles. The zero-order chi connectivity index (χ0) is 7.68. The quantitative estimate of drug-likeness (QED) is 0.602. The van der Waals surface area contributed by atoms with Gasteiger partial charge in [0.25, 0.3) is 0 Å². The van der Waals surface area contributed by atoms with Gasteiger partial charge in [-0.3, -0.25) is 0 Å². The van der Waals surface area contributed by atoms with Crippen LogP contribution in [0.1, 0.15) is 5.56 Å². The molecule has 0 aliphatic rings. The van der Waals surface area contributed by atoms with Crippen LogP contribution in [0.5, 0.6) is 0 Å². The zero-order valence-corrected chi connectivity index (χ0v) is 6.49. The van der Waals surface area contributed by atoms with Gasteiger partial charge in [-0.15, -0.1) is 11.6 Å². The van der Waals surface area contributed by atoms with Crippen LogP contribution in [0.3, 0.4) is 0 Å². The number of hydrogen-bond donors (Lipinski definition) is 0. The first-order chi connectivity index (χ1) is 5.42. The highest BCUT2D eigenvalue weighted by atomic mass is 35.5. The summed E-state index contributed by atoms with van der Waals surface area (Å²) in [5.74, 6) is 0.459. The number of fused-ring (bicyclic) bond motifs is 1. The van der Waals surface area contributed by atoms with E-state index in [4.69, 9.17) is 11.6 Å². The Balaban J connectivity index is 2.76. The maximum absolute atomic E-state index is 5.65. The molecule has 2 rings (SSSR count). The van der Waals surface area contributed by atoms with Crippen LogP contribution < -0.4 is 0 Å².